The van der Waals surface area contributed by atoms with Gasteiger partial charge in [0.2, 0.25) is 15.9 Å². The number of amides is 1. The van der Waals surface area contributed by atoms with Gasteiger partial charge in [0, 0.05) is 19.2 Å². The van der Waals surface area contributed by atoms with Gasteiger partial charge in [0.1, 0.15) is 5.60 Å². The fourth-order valence-corrected chi connectivity index (χ4v) is 4.13. The van der Waals surface area contributed by atoms with E-state index in [9.17, 15) is 18.3 Å². The third kappa shape index (κ3) is 5.33. The molecule has 0 saturated heterocycles. The van der Waals surface area contributed by atoms with E-state index < -0.39 is 15.6 Å². The molecule has 0 saturated carbocycles. The van der Waals surface area contributed by atoms with Crippen molar-refractivity contribution in [3.63, 3.8) is 0 Å². The number of benzene rings is 3. The van der Waals surface area contributed by atoms with E-state index in [1.165, 1.54) is 31.2 Å². The number of carbonyl (C=O) groups excluding carboxylic acids is 1. The molecule has 6 nitrogen and oxygen atoms in total. The van der Waals surface area contributed by atoms with Gasteiger partial charge in [-0.05, 0) is 47.9 Å². The molecule has 0 radical (unpaired) electrons. The average molecular weight is 425 g/mol. The van der Waals surface area contributed by atoms with Crippen molar-refractivity contribution < 1.29 is 18.3 Å². The van der Waals surface area contributed by atoms with Crippen LogP contribution in [0.2, 0.25) is 0 Å². The molecule has 3 rings (SSSR count). The summed E-state index contributed by atoms with van der Waals surface area (Å²) in [5, 5.41) is 13.4. The van der Waals surface area contributed by atoms with Gasteiger partial charge >= 0.3 is 0 Å². The second-order valence-corrected chi connectivity index (χ2v) is 9.01. The van der Waals surface area contributed by atoms with E-state index in [1.54, 1.807) is 19.1 Å². The minimum absolute atomic E-state index is 0.0480. The summed E-state index contributed by atoms with van der Waals surface area (Å²) in [5.74, 6) is -0.238. The molecular weight excluding hydrogens is 400 g/mol. The number of rotatable bonds is 7. The lowest BCUT2D eigenvalue weighted by molar-refractivity contribution is -0.114. The molecule has 0 spiro atoms. The largest absolute Gasteiger partial charge is 0.384 e. The van der Waals surface area contributed by atoms with Crippen molar-refractivity contribution in [2.75, 3.05) is 11.9 Å². The van der Waals surface area contributed by atoms with Crippen molar-refractivity contribution in [2.24, 2.45) is 0 Å². The van der Waals surface area contributed by atoms with Crippen LogP contribution in [0.3, 0.4) is 0 Å². The van der Waals surface area contributed by atoms with Gasteiger partial charge < -0.3 is 10.4 Å². The first-order chi connectivity index (χ1) is 14.2. The minimum Gasteiger partial charge on any atom is -0.384 e. The maximum Gasteiger partial charge on any atom is 0.240 e. The normalized spacial score (nSPS) is 13.4. The van der Waals surface area contributed by atoms with Crippen molar-refractivity contribution >= 4 is 21.6 Å². The summed E-state index contributed by atoms with van der Waals surface area (Å²) in [7, 11) is -3.82. The predicted molar refractivity (Wildman–Crippen MR) is 117 cm³/mol. The average Bonchev–Trinajstić information content (AvgIpc) is 2.73. The van der Waals surface area contributed by atoms with E-state index in [0.717, 1.165) is 11.1 Å². The second kappa shape index (κ2) is 8.79. The van der Waals surface area contributed by atoms with E-state index in [0.29, 0.717) is 11.3 Å². The molecule has 1 atom stereocenters. The number of nitrogens with one attached hydrogen (secondary N) is 2. The molecule has 0 aliphatic rings. The molecule has 3 N–H and O–H groups in total. The number of anilines is 1. The van der Waals surface area contributed by atoms with Crippen molar-refractivity contribution in [3.8, 4) is 11.1 Å². The summed E-state index contributed by atoms with van der Waals surface area (Å²) in [6, 6.07) is 23.0. The zero-order valence-corrected chi connectivity index (χ0v) is 17.6. The van der Waals surface area contributed by atoms with E-state index in [-0.39, 0.29) is 17.3 Å². The number of sulfonamides is 1. The van der Waals surface area contributed by atoms with Crippen LogP contribution in [0, 0.1) is 0 Å². The maximum atomic E-state index is 12.6. The molecule has 0 bridgehead atoms. The fourth-order valence-electron chi connectivity index (χ4n) is 2.99. The Morgan fingerprint density at radius 1 is 0.900 bits per heavy atom. The summed E-state index contributed by atoms with van der Waals surface area (Å²) < 4.78 is 27.6. The highest BCUT2D eigenvalue weighted by Crippen LogP contribution is 2.25. The zero-order valence-electron chi connectivity index (χ0n) is 16.8. The summed E-state index contributed by atoms with van der Waals surface area (Å²) >= 11 is 0. The SMILES string of the molecule is CC(=O)Nc1ccc(S(=O)(=O)NCC(C)(O)c2ccc(-c3ccccc3)cc2)cc1. The van der Waals surface area contributed by atoms with Crippen LogP contribution in [0.1, 0.15) is 19.4 Å². The third-order valence-corrected chi connectivity index (χ3v) is 6.12. The van der Waals surface area contributed by atoms with E-state index in [4.69, 9.17) is 0 Å². The lowest BCUT2D eigenvalue weighted by atomic mass is 9.94. The molecule has 0 fully saturated rings. The van der Waals surface area contributed by atoms with Gasteiger partial charge in [-0.2, -0.15) is 0 Å². The molecular formula is C23H24N2O4S. The van der Waals surface area contributed by atoms with Crippen molar-refractivity contribution in [3.05, 3.63) is 84.4 Å². The van der Waals surface area contributed by atoms with Crippen molar-refractivity contribution in [1.29, 1.82) is 0 Å². The standard InChI is InChI=1S/C23H24N2O4S/c1-17(26)25-21-12-14-22(15-13-21)30(28,29)24-16-23(2,27)20-10-8-19(9-11-20)18-6-4-3-5-7-18/h3-15,24,27H,16H2,1-2H3,(H,25,26). The van der Waals surface area contributed by atoms with Crippen molar-refractivity contribution in [1.82, 2.24) is 4.72 Å². The summed E-state index contributed by atoms with van der Waals surface area (Å²) in [5.41, 5.74) is 1.79. The van der Waals surface area contributed by atoms with E-state index >= 15 is 0 Å². The molecule has 3 aromatic rings. The van der Waals surface area contributed by atoms with Crippen LogP contribution < -0.4 is 10.0 Å². The number of aliphatic hydroxyl groups is 1. The Hall–Kier alpha value is -3.00. The minimum atomic E-state index is -3.82. The van der Waals surface area contributed by atoms with Gasteiger partial charge in [0.05, 0.1) is 4.90 Å². The van der Waals surface area contributed by atoms with Crippen LogP contribution in [-0.2, 0) is 20.4 Å². The number of hydrogen-bond acceptors (Lipinski definition) is 4. The van der Waals surface area contributed by atoms with Crippen molar-refractivity contribution in [2.45, 2.75) is 24.3 Å². The van der Waals surface area contributed by atoms with Crippen LogP contribution in [0.4, 0.5) is 5.69 Å². The topological polar surface area (TPSA) is 95.5 Å². The van der Waals surface area contributed by atoms with Crippen LogP contribution in [0.25, 0.3) is 11.1 Å². The number of carbonyl (C=O) groups is 1. The molecule has 0 heterocycles. The smallest absolute Gasteiger partial charge is 0.240 e. The Labute approximate surface area is 176 Å². The molecule has 1 unspecified atom stereocenters. The quantitative estimate of drug-likeness (QED) is 0.541. The zero-order chi connectivity index (χ0) is 21.8. The summed E-state index contributed by atoms with van der Waals surface area (Å²) in [6.45, 7) is 2.75. The monoisotopic (exact) mass is 424 g/mol. The Morgan fingerprint density at radius 2 is 1.47 bits per heavy atom. The molecule has 7 heteroatoms. The highest BCUT2D eigenvalue weighted by atomic mass is 32.2. The first-order valence-electron chi connectivity index (χ1n) is 9.43. The van der Waals surface area contributed by atoms with Gasteiger partial charge in [-0.25, -0.2) is 13.1 Å². The van der Waals surface area contributed by atoms with Gasteiger partial charge in [-0.3, -0.25) is 4.79 Å². The molecule has 3 aromatic carbocycles. The highest BCUT2D eigenvalue weighted by Gasteiger charge is 2.26. The maximum absolute atomic E-state index is 12.6. The molecule has 0 aliphatic carbocycles. The molecule has 1 amide bonds. The third-order valence-electron chi connectivity index (χ3n) is 4.71. The Kier molecular flexibility index (Phi) is 6.36. The fraction of sp³-hybridized carbons (Fsp3) is 0.174. The van der Waals surface area contributed by atoms with Gasteiger partial charge in [0.15, 0.2) is 0 Å². The lowest BCUT2D eigenvalue weighted by Crippen LogP contribution is -2.38. The van der Waals surface area contributed by atoms with E-state index in [1.807, 2.05) is 42.5 Å². The molecule has 0 aliphatic heterocycles. The van der Waals surface area contributed by atoms with Crippen LogP contribution in [0.5, 0.6) is 0 Å². The first kappa shape index (κ1) is 21.7. The van der Waals surface area contributed by atoms with Crippen LogP contribution in [0.15, 0.2) is 83.8 Å². The molecule has 0 aromatic heterocycles. The van der Waals surface area contributed by atoms with Gasteiger partial charge in [-0.15, -0.1) is 0 Å². The Balaban J connectivity index is 1.69. The first-order valence-corrected chi connectivity index (χ1v) is 10.9. The summed E-state index contributed by atoms with van der Waals surface area (Å²) in [4.78, 5) is 11.1. The second-order valence-electron chi connectivity index (χ2n) is 7.25. The lowest BCUT2D eigenvalue weighted by Gasteiger charge is -2.24. The van der Waals surface area contributed by atoms with Gasteiger partial charge in [-0.1, -0.05) is 54.6 Å². The predicted octanol–water partition coefficient (Wildman–Crippen LogP) is 3.50. The van der Waals surface area contributed by atoms with Crippen LogP contribution >= 0.6 is 0 Å². The van der Waals surface area contributed by atoms with Crippen LogP contribution in [-0.4, -0.2) is 26.0 Å². The number of hydrogen-bond donors (Lipinski definition) is 3. The molecule has 30 heavy (non-hydrogen) atoms. The Bertz CT molecular complexity index is 1110. The van der Waals surface area contributed by atoms with Gasteiger partial charge in [0.25, 0.3) is 0 Å². The van der Waals surface area contributed by atoms with E-state index in [2.05, 4.69) is 10.0 Å². The highest BCUT2D eigenvalue weighted by molar-refractivity contribution is 7.89. The Morgan fingerprint density at radius 3 is 2.03 bits per heavy atom. The molecule has 156 valence electrons. The summed E-state index contributed by atoms with van der Waals surface area (Å²) in [6.07, 6.45) is 0.